The molecule has 0 amide bonds. The Hall–Kier alpha value is -3.22. The predicted octanol–water partition coefficient (Wildman–Crippen LogP) is 7.78. The van der Waals surface area contributed by atoms with Gasteiger partial charge < -0.3 is 9.47 Å². The molecule has 4 rings (SSSR count). The maximum absolute atomic E-state index is 10.9. The fraction of sp³-hybridized carbons (Fsp3) is 0.357. The summed E-state index contributed by atoms with van der Waals surface area (Å²) in [5, 5.41) is 21.5. The van der Waals surface area contributed by atoms with Crippen LogP contribution in [0.2, 0.25) is 0 Å². The van der Waals surface area contributed by atoms with Gasteiger partial charge >= 0.3 is 0 Å². The number of non-ortho nitro benzene ring substituents is 1. The van der Waals surface area contributed by atoms with E-state index in [0.29, 0.717) is 23.0 Å². The number of benzene rings is 2. The van der Waals surface area contributed by atoms with E-state index < -0.39 is 4.92 Å². The zero-order valence-electron chi connectivity index (χ0n) is 21.2. The number of nitrogens with zero attached hydrogens (tertiary/aromatic N) is 3. The largest absolute Gasteiger partial charge is 0.493 e. The van der Waals surface area contributed by atoms with Crippen molar-refractivity contribution in [2.75, 3.05) is 7.11 Å². The summed E-state index contributed by atoms with van der Waals surface area (Å²) >= 11 is 5.21. The number of methoxy groups -OCH3 is 1. The van der Waals surface area contributed by atoms with Gasteiger partial charge in [0.1, 0.15) is 17.7 Å². The van der Waals surface area contributed by atoms with Gasteiger partial charge in [-0.2, -0.15) is 5.26 Å². The molecule has 1 aromatic heterocycles. The molecule has 1 aliphatic carbocycles. The van der Waals surface area contributed by atoms with E-state index in [9.17, 15) is 15.4 Å². The van der Waals surface area contributed by atoms with Crippen LogP contribution in [0.15, 0.2) is 45.9 Å². The molecule has 0 fully saturated rings. The summed E-state index contributed by atoms with van der Waals surface area (Å²) in [7, 11) is 1.57. The summed E-state index contributed by atoms with van der Waals surface area (Å²) < 4.78 is 12.2. The van der Waals surface area contributed by atoms with Crippen molar-refractivity contribution in [2.45, 2.75) is 46.6 Å². The van der Waals surface area contributed by atoms with Gasteiger partial charge in [0.05, 0.1) is 17.6 Å². The molecule has 37 heavy (non-hydrogen) atoms. The van der Waals surface area contributed by atoms with Gasteiger partial charge in [-0.1, -0.05) is 20.8 Å². The average Bonchev–Trinajstić information content (AvgIpc) is 3.23. The second-order valence-electron chi connectivity index (χ2n) is 10.1. The summed E-state index contributed by atoms with van der Waals surface area (Å²) in [5.41, 5.74) is 3.72. The zero-order chi connectivity index (χ0) is 26.7. The Bertz CT molecular complexity index is 1380. The van der Waals surface area contributed by atoms with Crippen molar-refractivity contribution < 1.29 is 14.4 Å². The molecule has 0 aliphatic heterocycles. The molecule has 1 heterocycles. The lowest BCUT2D eigenvalue weighted by Crippen LogP contribution is -2.26. The van der Waals surface area contributed by atoms with Crippen LogP contribution in [0.3, 0.4) is 0 Å². The highest BCUT2D eigenvalue weighted by Gasteiger charge is 2.32. The molecule has 192 valence electrons. The molecule has 7 nitrogen and oxygen atoms in total. The molecule has 9 heteroatoms. The van der Waals surface area contributed by atoms with Crippen LogP contribution in [-0.2, 0) is 19.4 Å². The Morgan fingerprint density at radius 1 is 1.27 bits per heavy atom. The zero-order valence-corrected chi connectivity index (χ0v) is 23.6. The predicted molar refractivity (Wildman–Crippen MR) is 149 cm³/mol. The van der Waals surface area contributed by atoms with E-state index in [2.05, 4.69) is 42.8 Å². The Morgan fingerprint density at radius 2 is 2.00 bits per heavy atom. The Balaban J connectivity index is 1.53. The summed E-state index contributed by atoms with van der Waals surface area (Å²) in [5.74, 6) is 1.66. The van der Waals surface area contributed by atoms with Crippen LogP contribution < -0.4 is 9.47 Å². The highest BCUT2D eigenvalue weighted by Crippen LogP contribution is 2.45. The first-order valence-corrected chi connectivity index (χ1v) is 13.5. The summed E-state index contributed by atoms with van der Waals surface area (Å²) in [4.78, 5) is 16.4. The van der Waals surface area contributed by atoms with Crippen LogP contribution in [0.1, 0.15) is 54.3 Å². The number of nitro benzene ring substituents is 1. The van der Waals surface area contributed by atoms with Gasteiger partial charge in [0, 0.05) is 33.3 Å². The van der Waals surface area contributed by atoms with Crippen LogP contribution in [-0.4, -0.2) is 18.2 Å². The van der Waals surface area contributed by atoms with E-state index in [1.165, 1.54) is 17.0 Å². The van der Waals surface area contributed by atoms with Gasteiger partial charge in [0.25, 0.3) is 5.69 Å². The van der Waals surface area contributed by atoms with E-state index in [1.807, 2.05) is 12.1 Å². The lowest BCUT2D eigenvalue weighted by molar-refractivity contribution is -0.384. The molecule has 0 bridgehead atoms. The van der Waals surface area contributed by atoms with Crippen LogP contribution in [0.25, 0.3) is 0 Å². The topological polar surface area (TPSA) is 97.8 Å². The van der Waals surface area contributed by atoms with E-state index in [4.69, 9.17) is 14.5 Å². The van der Waals surface area contributed by atoms with E-state index >= 15 is 0 Å². The molecule has 0 spiro atoms. The van der Waals surface area contributed by atoms with Crippen LogP contribution >= 0.6 is 27.3 Å². The first-order chi connectivity index (χ1) is 17.6. The van der Waals surface area contributed by atoms with E-state index in [0.717, 1.165) is 45.4 Å². The molecule has 1 atom stereocenters. The van der Waals surface area contributed by atoms with Gasteiger partial charge in [-0.05, 0) is 81.9 Å². The first-order valence-electron chi connectivity index (χ1n) is 11.9. The fourth-order valence-electron chi connectivity index (χ4n) is 4.44. The molecule has 0 N–H and O–H groups in total. The van der Waals surface area contributed by atoms with Crippen molar-refractivity contribution in [1.29, 1.82) is 5.26 Å². The summed E-state index contributed by atoms with van der Waals surface area (Å²) in [6.07, 6.45) is 4.75. The molecule has 2 aromatic carbocycles. The molecule has 0 radical (unpaired) electrons. The Labute approximate surface area is 229 Å². The lowest BCUT2D eigenvalue weighted by Gasteiger charge is -2.33. The summed E-state index contributed by atoms with van der Waals surface area (Å²) in [6.45, 7) is 7.08. The molecular weight excluding hydrogens is 554 g/mol. The number of ether oxygens (including phenoxy) is 2. The maximum atomic E-state index is 10.9. The quantitative estimate of drug-likeness (QED) is 0.161. The van der Waals surface area contributed by atoms with Crippen molar-refractivity contribution >= 4 is 44.2 Å². The van der Waals surface area contributed by atoms with Gasteiger partial charge in [-0.15, -0.1) is 11.3 Å². The number of fused-ring (bicyclic) bond motifs is 1. The SMILES string of the molecule is COc1cc(C=Nc2sc3c(c2C#N)CC[C@@H](C(C)(C)C)C3)c(Br)cc1OCc1ccc([N+](=O)[O-])cc1. The minimum Gasteiger partial charge on any atom is -0.493 e. The molecular formula is C28H28BrN3O4S. The molecule has 0 saturated carbocycles. The number of aliphatic imine (C=N–C) groups is 1. The van der Waals surface area contributed by atoms with Crippen molar-refractivity contribution in [2.24, 2.45) is 16.3 Å². The molecule has 0 saturated heterocycles. The molecule has 3 aromatic rings. The van der Waals surface area contributed by atoms with Gasteiger partial charge in [0.15, 0.2) is 11.5 Å². The number of nitriles is 1. The monoisotopic (exact) mass is 581 g/mol. The van der Waals surface area contributed by atoms with Gasteiger partial charge in [-0.25, -0.2) is 4.99 Å². The van der Waals surface area contributed by atoms with E-state index in [1.54, 1.807) is 36.8 Å². The Morgan fingerprint density at radius 3 is 2.62 bits per heavy atom. The minimum absolute atomic E-state index is 0.0351. The lowest BCUT2D eigenvalue weighted by atomic mass is 9.72. The third kappa shape index (κ3) is 6.03. The van der Waals surface area contributed by atoms with Gasteiger partial charge in [0.2, 0.25) is 0 Å². The second-order valence-corrected chi connectivity index (χ2v) is 12.0. The maximum Gasteiger partial charge on any atom is 0.269 e. The number of nitro groups is 1. The fourth-order valence-corrected chi connectivity index (χ4v) is 6.09. The van der Waals surface area contributed by atoms with Crippen LogP contribution in [0.5, 0.6) is 11.5 Å². The standard InChI is InChI=1S/C28H28BrN3O4S/c1-28(2,3)19-7-10-21-22(14-30)27(37-26(21)12-19)31-15-18-11-24(35-4)25(13-23(18)29)36-16-17-5-8-20(9-6-17)32(33)34/h5-6,8-9,11,13,15,19H,7,10,12,16H2,1-4H3/t19-/m1/s1. The van der Waals surface area contributed by atoms with Crippen molar-refractivity contribution in [3.63, 3.8) is 0 Å². The number of rotatable bonds is 7. The molecule has 0 unspecified atom stereocenters. The third-order valence-electron chi connectivity index (χ3n) is 6.73. The van der Waals surface area contributed by atoms with Crippen molar-refractivity contribution in [3.8, 4) is 17.6 Å². The number of hydrogen-bond donors (Lipinski definition) is 0. The van der Waals surface area contributed by atoms with Crippen molar-refractivity contribution in [1.82, 2.24) is 0 Å². The number of hydrogen-bond acceptors (Lipinski definition) is 7. The van der Waals surface area contributed by atoms with Crippen molar-refractivity contribution in [3.05, 3.63) is 78.1 Å². The normalized spacial score (nSPS) is 15.3. The third-order valence-corrected chi connectivity index (χ3v) is 8.58. The van der Waals surface area contributed by atoms with Crippen LogP contribution in [0, 0.1) is 32.8 Å². The first kappa shape index (κ1) is 26.8. The smallest absolute Gasteiger partial charge is 0.269 e. The number of halogens is 1. The highest BCUT2D eigenvalue weighted by atomic mass is 79.9. The second kappa shape index (κ2) is 11.0. The molecule has 1 aliphatic rings. The van der Waals surface area contributed by atoms with Crippen LogP contribution in [0.4, 0.5) is 10.7 Å². The summed E-state index contributed by atoms with van der Waals surface area (Å²) in [6, 6.07) is 12.3. The number of thiophene rings is 1. The average molecular weight is 583 g/mol. The highest BCUT2D eigenvalue weighted by molar-refractivity contribution is 9.10. The minimum atomic E-state index is -0.432. The Kier molecular flexibility index (Phi) is 8.00. The van der Waals surface area contributed by atoms with E-state index in [-0.39, 0.29) is 17.7 Å². The van der Waals surface area contributed by atoms with Gasteiger partial charge in [-0.3, -0.25) is 10.1 Å².